The molecule has 0 radical (unpaired) electrons. The third-order valence-corrected chi connectivity index (χ3v) is 7.93. The van der Waals surface area contributed by atoms with Gasteiger partial charge < -0.3 is 14.5 Å². The minimum atomic E-state index is -0.470. The number of benzene rings is 2. The molecule has 0 spiro atoms. The molecule has 0 atom stereocenters. The van der Waals surface area contributed by atoms with E-state index in [0.717, 1.165) is 53.8 Å². The molecule has 4 rings (SSSR count). The predicted molar refractivity (Wildman–Crippen MR) is 149 cm³/mol. The summed E-state index contributed by atoms with van der Waals surface area (Å²) < 4.78 is 6.18. The maximum atomic E-state index is 13.1. The van der Waals surface area contributed by atoms with Crippen LogP contribution < -0.4 is 9.64 Å². The van der Waals surface area contributed by atoms with E-state index in [-0.39, 0.29) is 24.0 Å². The van der Waals surface area contributed by atoms with Crippen molar-refractivity contribution in [1.82, 2.24) is 9.80 Å². The molecule has 196 valence electrons. The first-order valence-corrected chi connectivity index (χ1v) is 13.9. The van der Waals surface area contributed by atoms with Gasteiger partial charge in [-0.1, -0.05) is 29.3 Å². The monoisotopic (exact) mass is 561 g/mol. The van der Waals surface area contributed by atoms with Crippen LogP contribution in [0.4, 0.5) is 10.5 Å². The molecular weight excluding hydrogens is 533 g/mol. The Morgan fingerprint density at radius 1 is 1.08 bits per heavy atom. The smallest absolute Gasteiger partial charge is 0.294 e. The summed E-state index contributed by atoms with van der Waals surface area (Å²) in [6.07, 6.45) is 3.54. The van der Waals surface area contributed by atoms with E-state index in [0.29, 0.717) is 34.4 Å². The molecular formula is C27H29Cl2N3O4S. The van der Waals surface area contributed by atoms with Crippen molar-refractivity contribution in [3.63, 3.8) is 0 Å². The number of likely N-dealkylation sites (tertiary alicyclic amines) is 1. The van der Waals surface area contributed by atoms with Crippen LogP contribution in [-0.4, -0.2) is 59.6 Å². The molecule has 2 aliphatic heterocycles. The summed E-state index contributed by atoms with van der Waals surface area (Å²) in [7, 11) is 0. The van der Waals surface area contributed by atoms with E-state index in [2.05, 4.69) is 18.7 Å². The van der Waals surface area contributed by atoms with Crippen molar-refractivity contribution >= 4 is 63.8 Å². The Labute approximate surface area is 231 Å². The molecule has 2 aromatic rings. The van der Waals surface area contributed by atoms with Gasteiger partial charge in [-0.15, -0.1) is 0 Å². The number of carbonyl (C=O) groups is 3. The summed E-state index contributed by atoms with van der Waals surface area (Å²) in [5, 5.41) is 0.591. The quantitative estimate of drug-likeness (QED) is 0.345. The Bertz CT molecular complexity index is 1230. The highest BCUT2D eigenvalue weighted by Gasteiger charge is 2.37. The average molecular weight is 563 g/mol. The van der Waals surface area contributed by atoms with Crippen LogP contribution in [0.5, 0.6) is 5.75 Å². The summed E-state index contributed by atoms with van der Waals surface area (Å²) >= 11 is 13.2. The number of nitrogens with zero attached hydrogens (tertiary/aromatic N) is 3. The molecule has 3 amide bonds. The van der Waals surface area contributed by atoms with Gasteiger partial charge in [0.15, 0.2) is 0 Å². The van der Waals surface area contributed by atoms with E-state index in [1.807, 2.05) is 18.2 Å². The highest BCUT2D eigenvalue weighted by Crippen LogP contribution is 2.36. The van der Waals surface area contributed by atoms with E-state index < -0.39 is 11.1 Å². The number of amides is 3. The first-order valence-electron chi connectivity index (χ1n) is 12.3. The topological polar surface area (TPSA) is 70.2 Å². The highest BCUT2D eigenvalue weighted by molar-refractivity contribution is 8.18. The number of halogens is 2. The van der Waals surface area contributed by atoms with Gasteiger partial charge in [0.25, 0.3) is 11.1 Å². The Morgan fingerprint density at radius 2 is 1.81 bits per heavy atom. The van der Waals surface area contributed by atoms with Gasteiger partial charge in [0.2, 0.25) is 5.91 Å². The van der Waals surface area contributed by atoms with Crippen molar-refractivity contribution in [2.45, 2.75) is 33.3 Å². The molecule has 0 aliphatic carbocycles. The first-order chi connectivity index (χ1) is 17.8. The Kier molecular flexibility index (Phi) is 9.05. The maximum Gasteiger partial charge on any atom is 0.294 e. The van der Waals surface area contributed by atoms with Gasteiger partial charge in [-0.25, -0.2) is 0 Å². The lowest BCUT2D eigenvalue weighted by molar-refractivity contribution is -0.135. The zero-order valence-corrected chi connectivity index (χ0v) is 23.2. The van der Waals surface area contributed by atoms with Gasteiger partial charge in [-0.2, -0.15) is 0 Å². The number of ether oxygens (including phenoxy) is 1. The van der Waals surface area contributed by atoms with Gasteiger partial charge in [0.05, 0.1) is 4.91 Å². The van der Waals surface area contributed by atoms with Crippen molar-refractivity contribution in [3.05, 3.63) is 62.5 Å². The molecule has 0 unspecified atom stereocenters. The largest absolute Gasteiger partial charge is 0.488 e. The molecule has 0 aromatic heterocycles. The fourth-order valence-electron chi connectivity index (χ4n) is 4.33. The van der Waals surface area contributed by atoms with Crippen molar-refractivity contribution in [3.8, 4) is 5.75 Å². The number of hydrogen-bond acceptors (Lipinski definition) is 6. The van der Waals surface area contributed by atoms with Crippen molar-refractivity contribution in [2.75, 3.05) is 37.6 Å². The van der Waals surface area contributed by atoms with Crippen molar-refractivity contribution in [1.29, 1.82) is 0 Å². The minimum absolute atomic E-state index is 0.199. The zero-order valence-electron chi connectivity index (χ0n) is 20.8. The number of imide groups is 1. The standard InChI is InChI=1S/C27H29Cl2N3O4S/c1-3-30(4-2)21-10-8-18(23(15-21)36-17-19-7-9-20(28)14-22(19)29)13-24-26(34)32(27(35)37-24)16-25(33)31-11-5-6-12-31/h7-10,13-15H,3-6,11-12,16-17H2,1-2H3/b24-13-. The van der Waals surface area contributed by atoms with E-state index in [1.54, 1.807) is 29.2 Å². The van der Waals surface area contributed by atoms with E-state index in [4.69, 9.17) is 27.9 Å². The number of hydrogen-bond donors (Lipinski definition) is 0. The lowest BCUT2D eigenvalue weighted by Gasteiger charge is -2.22. The number of anilines is 1. The molecule has 2 saturated heterocycles. The summed E-state index contributed by atoms with van der Waals surface area (Å²) in [6.45, 7) is 7.09. The van der Waals surface area contributed by atoms with Crippen LogP contribution in [0.15, 0.2) is 41.3 Å². The Morgan fingerprint density at radius 3 is 2.49 bits per heavy atom. The fourth-order valence-corrected chi connectivity index (χ4v) is 5.62. The van der Waals surface area contributed by atoms with E-state index >= 15 is 0 Å². The summed E-state index contributed by atoms with van der Waals surface area (Å²) in [4.78, 5) is 43.4. The first kappa shape index (κ1) is 27.4. The second kappa shape index (κ2) is 12.2. The van der Waals surface area contributed by atoms with Gasteiger partial charge in [-0.05, 0) is 68.8 Å². The summed E-state index contributed by atoms with van der Waals surface area (Å²) in [5.74, 6) is -0.120. The van der Waals surface area contributed by atoms with Gasteiger partial charge in [0.1, 0.15) is 18.9 Å². The second-order valence-corrected chi connectivity index (χ2v) is 10.6. The molecule has 7 nitrogen and oxygen atoms in total. The third kappa shape index (κ3) is 6.43. The molecule has 37 heavy (non-hydrogen) atoms. The molecule has 0 N–H and O–H groups in total. The molecule has 10 heteroatoms. The van der Waals surface area contributed by atoms with Gasteiger partial charge in [0, 0.05) is 59.1 Å². The Balaban J connectivity index is 1.59. The van der Waals surface area contributed by atoms with Crippen LogP contribution in [0.3, 0.4) is 0 Å². The van der Waals surface area contributed by atoms with Crippen molar-refractivity contribution in [2.24, 2.45) is 0 Å². The third-order valence-electron chi connectivity index (χ3n) is 6.44. The number of thioether (sulfide) groups is 1. The van der Waals surface area contributed by atoms with Crippen LogP contribution in [0, 0.1) is 0 Å². The molecule has 0 saturated carbocycles. The van der Waals surface area contributed by atoms with Gasteiger partial charge in [-0.3, -0.25) is 19.3 Å². The lowest BCUT2D eigenvalue weighted by atomic mass is 10.1. The minimum Gasteiger partial charge on any atom is -0.488 e. The molecule has 2 aromatic carbocycles. The van der Waals surface area contributed by atoms with Crippen LogP contribution in [-0.2, 0) is 16.2 Å². The van der Waals surface area contributed by atoms with Crippen LogP contribution in [0.25, 0.3) is 6.08 Å². The SMILES string of the molecule is CCN(CC)c1ccc(/C=C2\SC(=O)N(CC(=O)N3CCCC3)C2=O)c(OCc2ccc(Cl)cc2Cl)c1. The van der Waals surface area contributed by atoms with Crippen LogP contribution in [0.1, 0.15) is 37.8 Å². The molecule has 0 bridgehead atoms. The normalized spacial score (nSPS) is 16.7. The summed E-state index contributed by atoms with van der Waals surface area (Å²) in [6, 6.07) is 11.0. The number of rotatable bonds is 9. The average Bonchev–Trinajstić information content (AvgIpc) is 3.50. The van der Waals surface area contributed by atoms with Crippen molar-refractivity contribution < 1.29 is 19.1 Å². The predicted octanol–water partition coefficient (Wildman–Crippen LogP) is 6.08. The Hall–Kier alpha value is -2.68. The second-order valence-electron chi connectivity index (χ2n) is 8.77. The van der Waals surface area contributed by atoms with Crippen LogP contribution >= 0.6 is 35.0 Å². The van der Waals surface area contributed by atoms with E-state index in [9.17, 15) is 14.4 Å². The highest BCUT2D eigenvalue weighted by atomic mass is 35.5. The summed E-state index contributed by atoms with van der Waals surface area (Å²) in [5.41, 5.74) is 2.40. The fraction of sp³-hybridized carbons (Fsp3) is 0.370. The number of carbonyl (C=O) groups excluding carboxylic acids is 3. The maximum absolute atomic E-state index is 13.1. The van der Waals surface area contributed by atoms with Crippen LogP contribution in [0.2, 0.25) is 10.0 Å². The molecule has 2 fully saturated rings. The molecule has 2 heterocycles. The molecule has 2 aliphatic rings. The van der Waals surface area contributed by atoms with E-state index in [1.165, 1.54) is 0 Å². The zero-order chi connectivity index (χ0) is 26.5. The van der Waals surface area contributed by atoms with Gasteiger partial charge >= 0.3 is 0 Å². The lowest BCUT2D eigenvalue weighted by Crippen LogP contribution is -2.40.